The normalized spacial score (nSPS) is 12.7. The zero-order chi connectivity index (χ0) is 32.0. The lowest BCUT2D eigenvalue weighted by Crippen LogP contribution is -2.33. The molecule has 0 unspecified atom stereocenters. The van der Waals surface area contributed by atoms with Crippen molar-refractivity contribution in [3.63, 3.8) is 0 Å². The average Bonchev–Trinajstić information content (AvgIpc) is 3.50. The van der Waals surface area contributed by atoms with Crippen molar-refractivity contribution < 1.29 is 17.2 Å². The smallest absolute Gasteiger partial charge is 0.322 e. The predicted molar refractivity (Wildman–Crippen MR) is 164 cm³/mol. The Bertz CT molecular complexity index is 2120. The van der Waals surface area contributed by atoms with E-state index in [0.717, 1.165) is 12.3 Å². The van der Waals surface area contributed by atoms with Crippen molar-refractivity contribution in [1.82, 2.24) is 29.5 Å². The van der Waals surface area contributed by atoms with Crippen LogP contribution in [-0.4, -0.2) is 44.2 Å². The lowest BCUT2D eigenvalue weighted by Gasteiger charge is -2.19. The van der Waals surface area contributed by atoms with Crippen LogP contribution in [0.4, 0.5) is 8.78 Å². The van der Waals surface area contributed by atoms with E-state index in [1.54, 1.807) is 49.8 Å². The van der Waals surface area contributed by atoms with Crippen molar-refractivity contribution in [2.75, 3.05) is 6.26 Å². The van der Waals surface area contributed by atoms with Gasteiger partial charge in [0.1, 0.15) is 29.2 Å². The fourth-order valence-corrected chi connectivity index (χ4v) is 6.04. The second-order valence-corrected chi connectivity index (χ2v) is 13.6. The van der Waals surface area contributed by atoms with E-state index in [1.807, 2.05) is 0 Å². The van der Waals surface area contributed by atoms with Crippen LogP contribution >= 0.6 is 11.6 Å². The molecule has 0 radical (unpaired) electrons. The van der Waals surface area contributed by atoms with Gasteiger partial charge in [-0.3, -0.25) is 9.25 Å². The van der Waals surface area contributed by atoms with Gasteiger partial charge in [-0.1, -0.05) is 23.6 Å². The van der Waals surface area contributed by atoms with Gasteiger partial charge in [0.15, 0.2) is 9.84 Å². The first-order chi connectivity index (χ1) is 20.6. The SMILES string of the molecule is Cn1nc(CS(C)(=O)=O)c2c(Cl)ccc(-c3ccc(C#CC(C)(C)n4cn[nH]c4=O)nc3[C@@H](N)Cc3cc(F)cc(F)c3)c21. The van der Waals surface area contributed by atoms with Crippen LogP contribution in [0.15, 0.2) is 53.6 Å². The number of H-pyrrole nitrogens is 1. The van der Waals surface area contributed by atoms with Crippen LogP contribution in [-0.2, 0) is 34.6 Å². The molecular weight excluding hydrogens is 612 g/mol. The van der Waals surface area contributed by atoms with Crippen molar-refractivity contribution in [3.8, 4) is 23.0 Å². The van der Waals surface area contributed by atoms with Gasteiger partial charge < -0.3 is 5.73 Å². The summed E-state index contributed by atoms with van der Waals surface area (Å²) in [6.45, 7) is 3.49. The maximum Gasteiger partial charge on any atom is 0.344 e. The monoisotopic (exact) mass is 639 g/mol. The number of aryl methyl sites for hydroxylation is 1. The summed E-state index contributed by atoms with van der Waals surface area (Å²) >= 11 is 6.56. The number of rotatable bonds is 7. The van der Waals surface area contributed by atoms with Crippen molar-refractivity contribution in [3.05, 3.63) is 98.6 Å². The Hall–Kier alpha value is -4.38. The highest BCUT2D eigenvalue weighted by atomic mass is 35.5. The number of pyridine rings is 1. The minimum atomic E-state index is -3.43. The largest absolute Gasteiger partial charge is 0.344 e. The average molecular weight is 640 g/mol. The van der Waals surface area contributed by atoms with Gasteiger partial charge in [-0.2, -0.15) is 10.2 Å². The van der Waals surface area contributed by atoms with E-state index >= 15 is 0 Å². The van der Waals surface area contributed by atoms with Crippen LogP contribution in [0.3, 0.4) is 0 Å². The molecule has 3 aromatic heterocycles. The number of benzene rings is 2. The van der Waals surface area contributed by atoms with Gasteiger partial charge in [0, 0.05) is 35.9 Å². The predicted octanol–water partition coefficient (Wildman–Crippen LogP) is 4.03. The molecule has 44 heavy (non-hydrogen) atoms. The van der Waals surface area contributed by atoms with Gasteiger partial charge in [0.25, 0.3) is 0 Å². The molecule has 0 aliphatic carbocycles. The maximum absolute atomic E-state index is 14.0. The highest BCUT2D eigenvalue weighted by Gasteiger charge is 2.24. The Kier molecular flexibility index (Phi) is 8.19. The quantitative estimate of drug-likeness (QED) is 0.256. The van der Waals surface area contributed by atoms with Gasteiger partial charge in [-0.15, -0.1) is 0 Å². The molecule has 0 spiro atoms. The number of hydrogen-bond donors (Lipinski definition) is 2. The third-order valence-corrected chi connectivity index (χ3v) is 8.12. The molecule has 0 aliphatic heterocycles. The van der Waals surface area contributed by atoms with E-state index in [2.05, 4.69) is 27.1 Å². The molecule has 5 aromatic rings. The van der Waals surface area contributed by atoms with Crippen molar-refractivity contribution in [2.24, 2.45) is 12.8 Å². The molecule has 2 aromatic carbocycles. The number of aromatic amines is 1. The van der Waals surface area contributed by atoms with Gasteiger partial charge in [-0.05, 0) is 62.1 Å². The third-order valence-electron chi connectivity index (χ3n) is 7.00. The molecule has 0 aliphatic rings. The molecule has 228 valence electrons. The molecular formula is C30H28ClF2N7O3S. The van der Waals surface area contributed by atoms with E-state index in [9.17, 15) is 22.0 Å². The van der Waals surface area contributed by atoms with E-state index in [0.29, 0.717) is 49.7 Å². The summed E-state index contributed by atoms with van der Waals surface area (Å²) < 4.78 is 55.2. The molecule has 0 saturated heterocycles. The zero-order valence-corrected chi connectivity index (χ0v) is 25.8. The van der Waals surface area contributed by atoms with Crippen LogP contribution in [0.5, 0.6) is 0 Å². The summed E-state index contributed by atoms with van der Waals surface area (Å²) in [4.78, 5) is 16.9. The number of nitrogens with two attached hydrogens (primary N) is 1. The van der Waals surface area contributed by atoms with Gasteiger partial charge in [0.2, 0.25) is 0 Å². The van der Waals surface area contributed by atoms with E-state index in [1.165, 1.54) is 23.0 Å². The third kappa shape index (κ3) is 6.42. The fraction of sp³-hybridized carbons (Fsp3) is 0.267. The lowest BCUT2D eigenvalue weighted by atomic mass is 9.94. The maximum atomic E-state index is 14.0. The molecule has 0 amide bonds. The molecule has 3 N–H and O–H groups in total. The van der Waals surface area contributed by atoms with Crippen LogP contribution in [0.25, 0.3) is 22.0 Å². The molecule has 3 heterocycles. The summed E-state index contributed by atoms with van der Waals surface area (Å²) in [5, 5.41) is 11.3. The molecule has 14 heteroatoms. The Morgan fingerprint density at radius 2 is 1.80 bits per heavy atom. The van der Waals surface area contributed by atoms with Crippen LogP contribution in [0.2, 0.25) is 5.02 Å². The number of sulfone groups is 1. The van der Waals surface area contributed by atoms with Crippen LogP contribution < -0.4 is 11.4 Å². The number of nitrogens with zero attached hydrogens (tertiary/aromatic N) is 5. The molecule has 10 nitrogen and oxygen atoms in total. The zero-order valence-electron chi connectivity index (χ0n) is 24.2. The number of halogens is 3. The first-order valence-corrected chi connectivity index (χ1v) is 15.8. The first kappa shape index (κ1) is 31.1. The summed E-state index contributed by atoms with van der Waals surface area (Å²) in [6.07, 6.45) is 2.51. The second kappa shape index (κ2) is 11.6. The summed E-state index contributed by atoms with van der Waals surface area (Å²) in [7, 11) is -1.75. The standard InChI is InChI=1S/C30H28ClF2N7O3S/c1-30(2,40-16-35-37-29(40)41)10-9-20-5-6-21(27(36-20)24(34)13-17-11-18(32)14-19(33)12-17)22-7-8-23(31)26-25(15-44(4,42)43)38-39(3)28(22)26/h5-8,11-12,14,16,24H,13,15,34H2,1-4H3,(H,37,41)/t24-/m0/s1. The molecule has 5 rings (SSSR count). The number of aromatic nitrogens is 6. The van der Waals surface area contributed by atoms with E-state index < -0.39 is 38.7 Å². The van der Waals surface area contributed by atoms with Crippen molar-refractivity contribution in [2.45, 2.75) is 37.6 Å². The first-order valence-electron chi connectivity index (χ1n) is 13.3. The van der Waals surface area contributed by atoms with E-state index in [-0.39, 0.29) is 12.2 Å². The lowest BCUT2D eigenvalue weighted by molar-refractivity contribution is 0.459. The highest BCUT2D eigenvalue weighted by molar-refractivity contribution is 7.89. The highest BCUT2D eigenvalue weighted by Crippen LogP contribution is 2.38. The minimum Gasteiger partial charge on any atom is -0.322 e. The fourth-order valence-electron chi connectivity index (χ4n) is 5.08. The second-order valence-electron chi connectivity index (χ2n) is 11.0. The Labute approximate surface area is 256 Å². The number of nitrogens with one attached hydrogen (secondary N) is 1. The van der Waals surface area contributed by atoms with Gasteiger partial charge in [-0.25, -0.2) is 32.1 Å². The van der Waals surface area contributed by atoms with Crippen molar-refractivity contribution in [1.29, 1.82) is 0 Å². The summed E-state index contributed by atoms with van der Waals surface area (Å²) in [6, 6.07) is 9.20. The summed E-state index contributed by atoms with van der Waals surface area (Å²) in [5.41, 5.74) is 8.40. The van der Waals surface area contributed by atoms with Crippen molar-refractivity contribution >= 4 is 32.3 Å². The molecule has 0 fully saturated rings. The van der Waals surface area contributed by atoms with E-state index in [4.69, 9.17) is 22.3 Å². The summed E-state index contributed by atoms with van der Waals surface area (Å²) in [5.74, 6) is 4.27. The van der Waals surface area contributed by atoms with Crippen LogP contribution in [0.1, 0.15) is 42.5 Å². The number of fused-ring (bicyclic) bond motifs is 1. The minimum absolute atomic E-state index is 0.0446. The Morgan fingerprint density at radius 3 is 2.43 bits per heavy atom. The Balaban J connectivity index is 1.68. The molecule has 0 bridgehead atoms. The van der Waals surface area contributed by atoms with Gasteiger partial charge >= 0.3 is 5.69 Å². The van der Waals surface area contributed by atoms with Gasteiger partial charge in [0.05, 0.1) is 33.7 Å². The van der Waals surface area contributed by atoms with Crippen LogP contribution in [0, 0.1) is 23.5 Å². The molecule has 1 atom stereocenters. The molecule has 0 saturated carbocycles. The topological polar surface area (TPSA) is 142 Å². The Morgan fingerprint density at radius 1 is 1.11 bits per heavy atom. The number of hydrogen-bond acceptors (Lipinski definition) is 7.